The first-order valence-electron chi connectivity index (χ1n) is 6.45. The van der Waals surface area contributed by atoms with Crippen LogP contribution in [0.25, 0.3) is 0 Å². The van der Waals surface area contributed by atoms with Crippen LogP contribution in [0.5, 0.6) is 0 Å². The number of ether oxygens (including phenoxy) is 1. The molecule has 2 rings (SSSR count). The third-order valence-electron chi connectivity index (χ3n) is 3.54. The summed E-state index contributed by atoms with van der Waals surface area (Å²) in [5.74, 6) is 0. The van der Waals surface area contributed by atoms with E-state index in [1.165, 1.54) is 18.2 Å². The molecule has 21 heavy (non-hydrogen) atoms. The zero-order valence-electron chi connectivity index (χ0n) is 11.3. The predicted octanol–water partition coefficient (Wildman–Crippen LogP) is 0.381. The number of benzene rings is 1. The van der Waals surface area contributed by atoms with Gasteiger partial charge < -0.3 is 10.5 Å². The first kappa shape index (κ1) is 15.8. The van der Waals surface area contributed by atoms with E-state index in [-0.39, 0.29) is 11.4 Å². The van der Waals surface area contributed by atoms with Gasteiger partial charge in [-0.1, -0.05) is 12.1 Å². The van der Waals surface area contributed by atoms with Crippen LogP contribution < -0.4 is 10.5 Å². The standard InChI is InChI=1S/C12H17N3O5S/c13-9-12(5-7-20-8-6-12)14-21(18,19)11-4-2-1-3-10(11)15(16)17/h1-4,14H,5-9,13H2. The molecule has 0 radical (unpaired) electrons. The van der Waals surface area contributed by atoms with E-state index in [9.17, 15) is 18.5 Å². The normalized spacial score (nSPS) is 18.3. The topological polar surface area (TPSA) is 125 Å². The van der Waals surface area contributed by atoms with Crippen LogP contribution in [0, 0.1) is 10.1 Å². The lowest BCUT2D eigenvalue weighted by Gasteiger charge is -2.36. The molecule has 0 bridgehead atoms. The monoisotopic (exact) mass is 315 g/mol. The van der Waals surface area contributed by atoms with E-state index in [4.69, 9.17) is 10.5 Å². The van der Waals surface area contributed by atoms with Crippen LogP contribution in [0.4, 0.5) is 5.69 Å². The first-order chi connectivity index (χ1) is 9.90. The Morgan fingerprint density at radius 2 is 1.95 bits per heavy atom. The summed E-state index contributed by atoms with van der Waals surface area (Å²) in [6, 6.07) is 5.24. The van der Waals surface area contributed by atoms with Crippen LogP contribution in [0.2, 0.25) is 0 Å². The zero-order chi connectivity index (χ0) is 15.5. The van der Waals surface area contributed by atoms with Gasteiger partial charge >= 0.3 is 0 Å². The maximum Gasteiger partial charge on any atom is 0.289 e. The first-order valence-corrected chi connectivity index (χ1v) is 7.94. The molecule has 0 amide bonds. The lowest BCUT2D eigenvalue weighted by molar-refractivity contribution is -0.387. The minimum absolute atomic E-state index is 0.107. The van der Waals surface area contributed by atoms with E-state index >= 15 is 0 Å². The maximum atomic E-state index is 12.5. The van der Waals surface area contributed by atoms with Crippen LogP contribution in [0.3, 0.4) is 0 Å². The molecule has 0 spiro atoms. The van der Waals surface area contributed by atoms with Crippen molar-refractivity contribution in [2.45, 2.75) is 23.3 Å². The highest BCUT2D eigenvalue weighted by Gasteiger charge is 2.37. The summed E-state index contributed by atoms with van der Waals surface area (Å²) in [4.78, 5) is 9.91. The van der Waals surface area contributed by atoms with Crippen LogP contribution in [0.15, 0.2) is 29.2 Å². The number of nitrogens with one attached hydrogen (secondary N) is 1. The fourth-order valence-electron chi connectivity index (χ4n) is 2.29. The Balaban J connectivity index is 2.36. The largest absolute Gasteiger partial charge is 0.381 e. The number of rotatable bonds is 5. The Morgan fingerprint density at radius 1 is 1.33 bits per heavy atom. The van der Waals surface area contributed by atoms with Crippen molar-refractivity contribution in [3.8, 4) is 0 Å². The van der Waals surface area contributed by atoms with Gasteiger partial charge in [0.1, 0.15) is 0 Å². The molecule has 1 heterocycles. The van der Waals surface area contributed by atoms with Gasteiger partial charge in [-0.25, -0.2) is 13.1 Å². The summed E-state index contributed by atoms with van der Waals surface area (Å²) < 4.78 is 32.7. The molecule has 1 fully saturated rings. The molecule has 116 valence electrons. The lowest BCUT2D eigenvalue weighted by Crippen LogP contribution is -2.56. The second kappa shape index (κ2) is 6.06. The molecule has 1 aromatic rings. The summed E-state index contributed by atoms with van der Waals surface area (Å²) in [5, 5.41) is 11.0. The van der Waals surface area contributed by atoms with Crippen molar-refractivity contribution < 1.29 is 18.1 Å². The van der Waals surface area contributed by atoms with Crippen molar-refractivity contribution in [1.29, 1.82) is 0 Å². The van der Waals surface area contributed by atoms with E-state index in [2.05, 4.69) is 4.72 Å². The van der Waals surface area contributed by atoms with Crippen molar-refractivity contribution in [1.82, 2.24) is 4.72 Å². The molecule has 9 heteroatoms. The smallest absolute Gasteiger partial charge is 0.289 e. The van der Waals surface area contributed by atoms with Crippen LogP contribution in [-0.4, -0.2) is 38.6 Å². The van der Waals surface area contributed by atoms with Gasteiger partial charge in [0.15, 0.2) is 4.90 Å². The summed E-state index contributed by atoms with van der Waals surface area (Å²) >= 11 is 0. The number of nitro groups is 1. The maximum absolute atomic E-state index is 12.5. The van der Waals surface area contributed by atoms with Crippen molar-refractivity contribution in [3.63, 3.8) is 0 Å². The molecule has 0 saturated carbocycles. The molecule has 0 aromatic heterocycles. The zero-order valence-corrected chi connectivity index (χ0v) is 12.1. The molecule has 3 N–H and O–H groups in total. The summed E-state index contributed by atoms with van der Waals surface area (Å²) in [6.07, 6.45) is 0.868. The van der Waals surface area contributed by atoms with Gasteiger partial charge in [-0.05, 0) is 18.9 Å². The third kappa shape index (κ3) is 3.38. The number of para-hydroxylation sites is 1. The van der Waals surface area contributed by atoms with Gasteiger partial charge in [0.2, 0.25) is 10.0 Å². The number of nitrogens with two attached hydrogens (primary N) is 1. The molecule has 0 unspecified atom stereocenters. The Kier molecular flexibility index (Phi) is 4.57. The second-order valence-corrected chi connectivity index (χ2v) is 6.58. The Morgan fingerprint density at radius 3 is 2.52 bits per heavy atom. The van der Waals surface area contributed by atoms with Gasteiger partial charge in [-0.2, -0.15) is 0 Å². The Bertz CT molecular complexity index is 626. The Labute approximate surface area is 122 Å². The van der Waals surface area contributed by atoms with E-state index in [0.29, 0.717) is 26.1 Å². The molecular formula is C12H17N3O5S. The molecule has 1 aliphatic rings. The van der Waals surface area contributed by atoms with Gasteiger partial charge in [-0.3, -0.25) is 10.1 Å². The number of sulfonamides is 1. The van der Waals surface area contributed by atoms with Crippen molar-refractivity contribution in [2.24, 2.45) is 5.73 Å². The Hall–Kier alpha value is -1.55. The average molecular weight is 315 g/mol. The van der Waals surface area contributed by atoms with Crippen molar-refractivity contribution >= 4 is 15.7 Å². The number of nitrogens with zero attached hydrogens (tertiary/aromatic N) is 1. The van der Waals surface area contributed by atoms with E-state index in [1.54, 1.807) is 0 Å². The van der Waals surface area contributed by atoms with E-state index < -0.39 is 26.2 Å². The second-order valence-electron chi connectivity index (χ2n) is 4.93. The van der Waals surface area contributed by atoms with Gasteiger partial charge in [0.05, 0.1) is 4.92 Å². The fourth-order valence-corrected chi connectivity index (χ4v) is 3.93. The predicted molar refractivity (Wildman–Crippen MR) is 75.3 cm³/mol. The van der Waals surface area contributed by atoms with Crippen LogP contribution in [-0.2, 0) is 14.8 Å². The highest BCUT2D eigenvalue weighted by Crippen LogP contribution is 2.27. The van der Waals surface area contributed by atoms with Gasteiger partial charge in [0.25, 0.3) is 5.69 Å². The molecule has 0 atom stereocenters. The van der Waals surface area contributed by atoms with E-state index in [0.717, 1.165) is 6.07 Å². The molecule has 1 aliphatic heterocycles. The number of hydrogen-bond donors (Lipinski definition) is 2. The molecule has 1 aromatic carbocycles. The number of hydrogen-bond acceptors (Lipinski definition) is 6. The molecule has 1 saturated heterocycles. The van der Waals surface area contributed by atoms with Crippen molar-refractivity contribution in [2.75, 3.05) is 19.8 Å². The minimum Gasteiger partial charge on any atom is -0.381 e. The van der Waals surface area contributed by atoms with E-state index in [1.807, 2.05) is 0 Å². The van der Waals surface area contributed by atoms with Crippen molar-refractivity contribution in [3.05, 3.63) is 34.4 Å². The third-order valence-corrected chi connectivity index (χ3v) is 5.17. The highest BCUT2D eigenvalue weighted by molar-refractivity contribution is 7.89. The van der Waals surface area contributed by atoms with Gasteiger partial charge in [0, 0.05) is 31.4 Å². The summed E-state index contributed by atoms with van der Waals surface area (Å²) in [6.45, 7) is 0.906. The molecule has 0 aliphatic carbocycles. The average Bonchev–Trinajstić information content (AvgIpc) is 2.47. The molecular weight excluding hydrogens is 298 g/mol. The van der Waals surface area contributed by atoms with Gasteiger partial charge in [-0.15, -0.1) is 0 Å². The quantitative estimate of drug-likeness (QED) is 0.598. The SMILES string of the molecule is NCC1(NS(=O)(=O)c2ccccc2[N+](=O)[O-])CCOCC1. The lowest BCUT2D eigenvalue weighted by atomic mass is 9.92. The van der Waals surface area contributed by atoms with Crippen LogP contribution >= 0.6 is 0 Å². The van der Waals surface area contributed by atoms with Crippen LogP contribution in [0.1, 0.15) is 12.8 Å². The highest BCUT2D eigenvalue weighted by atomic mass is 32.2. The number of nitro benzene ring substituents is 1. The summed E-state index contributed by atoms with van der Waals surface area (Å²) in [7, 11) is -4.03. The minimum atomic E-state index is -4.03. The molecule has 8 nitrogen and oxygen atoms in total. The fraction of sp³-hybridized carbons (Fsp3) is 0.500. The summed E-state index contributed by atoms with van der Waals surface area (Å²) in [5.41, 5.74) is 4.43.